The minimum Gasteiger partial charge on any atom is -0.465 e. The summed E-state index contributed by atoms with van der Waals surface area (Å²) in [4.78, 5) is 17.5. The number of aromatic nitrogens is 1. The second kappa shape index (κ2) is 12.9. The molecule has 2 aromatic carbocycles. The Hall–Kier alpha value is -3.45. The molecule has 1 aliphatic carbocycles. The van der Waals surface area contributed by atoms with E-state index >= 15 is 0 Å². The standard InChI is InChI=1S/C34H40N2O2/c1-4-6-9-15-28-30(16-10-7-5-2)36-32-29(31(28)26-17-19-27(20-18-26)33(37)38-3)21-22-34(32,24-35)23-25-13-11-8-12-14-25/h8,11-14,17-20H,4-7,9-10,15-16,21-23H2,1-3H3. The average molecular weight is 509 g/mol. The van der Waals surface area contributed by atoms with Crippen LogP contribution in [-0.2, 0) is 35.8 Å². The van der Waals surface area contributed by atoms with E-state index in [1.54, 1.807) is 0 Å². The van der Waals surface area contributed by atoms with Crippen molar-refractivity contribution in [2.24, 2.45) is 0 Å². The van der Waals surface area contributed by atoms with Crippen LogP contribution in [0.2, 0.25) is 0 Å². The van der Waals surface area contributed by atoms with Gasteiger partial charge in [-0.2, -0.15) is 5.26 Å². The summed E-state index contributed by atoms with van der Waals surface area (Å²) in [6.07, 6.45) is 11.1. The topological polar surface area (TPSA) is 63.0 Å². The molecule has 0 bridgehead atoms. The van der Waals surface area contributed by atoms with Crippen LogP contribution in [0, 0.1) is 11.3 Å². The van der Waals surface area contributed by atoms with Crippen LogP contribution in [-0.4, -0.2) is 18.1 Å². The minimum absolute atomic E-state index is 0.328. The predicted molar refractivity (Wildman–Crippen MR) is 153 cm³/mol. The molecule has 1 atom stereocenters. The van der Waals surface area contributed by atoms with Gasteiger partial charge in [0.25, 0.3) is 0 Å². The summed E-state index contributed by atoms with van der Waals surface area (Å²) in [5.41, 5.74) is 8.15. The van der Waals surface area contributed by atoms with Gasteiger partial charge in [0, 0.05) is 5.69 Å². The van der Waals surface area contributed by atoms with Gasteiger partial charge in [-0.05, 0) is 84.9 Å². The lowest BCUT2D eigenvalue weighted by molar-refractivity contribution is 0.0600. The van der Waals surface area contributed by atoms with Crippen molar-refractivity contribution in [3.05, 3.63) is 88.2 Å². The molecular formula is C34H40N2O2. The van der Waals surface area contributed by atoms with Gasteiger partial charge < -0.3 is 4.74 Å². The van der Waals surface area contributed by atoms with Gasteiger partial charge in [-0.15, -0.1) is 0 Å². The molecule has 1 aliphatic rings. The smallest absolute Gasteiger partial charge is 0.337 e. The Morgan fingerprint density at radius 2 is 1.66 bits per heavy atom. The molecule has 0 amide bonds. The van der Waals surface area contributed by atoms with E-state index in [4.69, 9.17) is 9.72 Å². The number of hydrogen-bond acceptors (Lipinski definition) is 4. The van der Waals surface area contributed by atoms with E-state index in [0.29, 0.717) is 12.0 Å². The number of ether oxygens (including phenoxy) is 1. The molecule has 0 aliphatic heterocycles. The molecule has 4 rings (SSSR count). The molecule has 38 heavy (non-hydrogen) atoms. The van der Waals surface area contributed by atoms with Crippen LogP contribution in [0.4, 0.5) is 0 Å². The van der Waals surface area contributed by atoms with Crippen molar-refractivity contribution in [1.82, 2.24) is 4.98 Å². The van der Waals surface area contributed by atoms with E-state index in [2.05, 4.69) is 32.0 Å². The Kier molecular flexibility index (Phi) is 9.34. The van der Waals surface area contributed by atoms with Crippen molar-refractivity contribution in [1.29, 1.82) is 5.26 Å². The molecule has 1 unspecified atom stereocenters. The van der Waals surface area contributed by atoms with Gasteiger partial charge in [-0.25, -0.2) is 4.79 Å². The number of carbonyl (C=O) groups excluding carboxylic acids is 1. The van der Waals surface area contributed by atoms with E-state index in [0.717, 1.165) is 61.9 Å². The maximum absolute atomic E-state index is 12.1. The summed E-state index contributed by atoms with van der Waals surface area (Å²) in [7, 11) is 1.41. The van der Waals surface area contributed by atoms with Crippen molar-refractivity contribution in [2.75, 3.05) is 7.11 Å². The Morgan fingerprint density at radius 1 is 0.974 bits per heavy atom. The van der Waals surface area contributed by atoms with Crippen LogP contribution in [0.1, 0.15) is 97.2 Å². The summed E-state index contributed by atoms with van der Waals surface area (Å²) < 4.78 is 4.93. The molecule has 4 nitrogen and oxygen atoms in total. The summed E-state index contributed by atoms with van der Waals surface area (Å²) >= 11 is 0. The number of rotatable bonds is 12. The van der Waals surface area contributed by atoms with Crippen molar-refractivity contribution in [3.63, 3.8) is 0 Å². The largest absolute Gasteiger partial charge is 0.465 e. The van der Waals surface area contributed by atoms with Gasteiger partial charge in [-0.3, -0.25) is 4.98 Å². The van der Waals surface area contributed by atoms with Crippen LogP contribution in [0.15, 0.2) is 54.6 Å². The fraction of sp³-hybridized carbons (Fsp3) is 0.441. The first kappa shape index (κ1) is 27.6. The van der Waals surface area contributed by atoms with Gasteiger partial charge in [0.05, 0.1) is 24.4 Å². The number of nitriles is 1. The predicted octanol–water partition coefficient (Wildman–Crippen LogP) is 7.95. The number of methoxy groups -OCH3 is 1. The van der Waals surface area contributed by atoms with Crippen LogP contribution >= 0.6 is 0 Å². The lowest BCUT2D eigenvalue weighted by Crippen LogP contribution is -2.26. The van der Waals surface area contributed by atoms with Crippen LogP contribution < -0.4 is 0 Å². The number of esters is 1. The summed E-state index contributed by atoms with van der Waals surface area (Å²) in [5, 5.41) is 10.6. The fourth-order valence-electron chi connectivity index (χ4n) is 5.89. The molecule has 0 N–H and O–H groups in total. The third kappa shape index (κ3) is 5.83. The lowest BCUT2D eigenvalue weighted by atomic mass is 9.79. The first-order valence-electron chi connectivity index (χ1n) is 14.3. The number of pyridine rings is 1. The Bertz CT molecular complexity index is 1270. The molecule has 0 saturated heterocycles. The Morgan fingerprint density at radius 3 is 2.29 bits per heavy atom. The second-order valence-corrected chi connectivity index (χ2v) is 10.6. The third-order valence-corrected chi connectivity index (χ3v) is 7.94. The van der Waals surface area contributed by atoms with Gasteiger partial charge >= 0.3 is 5.97 Å². The lowest BCUT2D eigenvalue weighted by Gasteiger charge is -2.25. The van der Waals surface area contributed by atoms with Crippen molar-refractivity contribution < 1.29 is 9.53 Å². The fourth-order valence-corrected chi connectivity index (χ4v) is 5.89. The molecule has 4 heteroatoms. The molecule has 0 saturated carbocycles. The van der Waals surface area contributed by atoms with Gasteiger partial charge in [0.15, 0.2) is 0 Å². The number of fused-ring (bicyclic) bond motifs is 1. The highest BCUT2D eigenvalue weighted by Crippen LogP contribution is 2.46. The zero-order chi connectivity index (χ0) is 27.0. The number of carbonyl (C=O) groups is 1. The van der Waals surface area contributed by atoms with E-state index in [-0.39, 0.29) is 5.97 Å². The second-order valence-electron chi connectivity index (χ2n) is 10.6. The maximum atomic E-state index is 12.1. The molecular weight excluding hydrogens is 468 g/mol. The summed E-state index contributed by atoms with van der Waals surface area (Å²) in [5.74, 6) is -0.328. The van der Waals surface area contributed by atoms with Crippen LogP contribution in [0.5, 0.6) is 0 Å². The number of aryl methyl sites for hydroxylation is 1. The highest BCUT2D eigenvalue weighted by molar-refractivity contribution is 5.90. The van der Waals surface area contributed by atoms with E-state index in [1.807, 2.05) is 42.5 Å². The summed E-state index contributed by atoms with van der Waals surface area (Å²) in [6.45, 7) is 4.47. The number of benzene rings is 2. The molecule has 1 aromatic heterocycles. The first-order valence-corrected chi connectivity index (χ1v) is 14.3. The molecule has 0 fully saturated rings. The number of nitrogens with zero attached hydrogens (tertiary/aromatic N) is 2. The number of unbranched alkanes of at least 4 members (excludes halogenated alkanes) is 4. The molecule has 0 radical (unpaired) electrons. The zero-order valence-electron chi connectivity index (χ0n) is 23.2. The first-order chi connectivity index (χ1) is 18.6. The highest BCUT2D eigenvalue weighted by atomic mass is 16.5. The van der Waals surface area contributed by atoms with Crippen LogP contribution in [0.3, 0.4) is 0 Å². The minimum atomic E-state index is -0.626. The van der Waals surface area contributed by atoms with Gasteiger partial charge in [-0.1, -0.05) is 82.0 Å². The van der Waals surface area contributed by atoms with E-state index in [1.165, 1.54) is 48.6 Å². The highest BCUT2D eigenvalue weighted by Gasteiger charge is 2.43. The zero-order valence-corrected chi connectivity index (χ0v) is 23.2. The van der Waals surface area contributed by atoms with Crippen molar-refractivity contribution in [3.8, 4) is 17.2 Å². The van der Waals surface area contributed by atoms with Crippen LogP contribution in [0.25, 0.3) is 11.1 Å². The third-order valence-electron chi connectivity index (χ3n) is 7.94. The maximum Gasteiger partial charge on any atom is 0.337 e. The SMILES string of the molecule is CCCCCc1nc2c(c(-c3ccc(C(=O)OC)cc3)c1CCCCC)CCC2(C#N)Cc1ccccc1. The normalized spacial score (nSPS) is 16.2. The Labute approximate surface area is 228 Å². The summed E-state index contributed by atoms with van der Waals surface area (Å²) in [6, 6.07) is 20.9. The van der Waals surface area contributed by atoms with Crippen molar-refractivity contribution >= 4 is 5.97 Å². The van der Waals surface area contributed by atoms with Crippen molar-refractivity contribution in [2.45, 2.75) is 89.9 Å². The molecule has 1 heterocycles. The molecule has 3 aromatic rings. The van der Waals surface area contributed by atoms with E-state index in [9.17, 15) is 10.1 Å². The average Bonchev–Trinajstić information content (AvgIpc) is 3.31. The van der Waals surface area contributed by atoms with Gasteiger partial charge in [0.2, 0.25) is 0 Å². The quantitative estimate of drug-likeness (QED) is 0.184. The molecule has 0 spiro atoms. The molecule has 198 valence electrons. The Balaban J connectivity index is 1.89. The van der Waals surface area contributed by atoms with Gasteiger partial charge in [0.1, 0.15) is 5.41 Å². The van der Waals surface area contributed by atoms with E-state index < -0.39 is 5.41 Å². The monoisotopic (exact) mass is 508 g/mol. The number of hydrogen-bond donors (Lipinski definition) is 0.